The van der Waals surface area contributed by atoms with E-state index in [0.717, 1.165) is 37.2 Å². The molecule has 2 atom stereocenters. The first kappa shape index (κ1) is 13.4. The van der Waals surface area contributed by atoms with Crippen LogP contribution < -0.4 is 4.74 Å². The van der Waals surface area contributed by atoms with E-state index in [1.807, 2.05) is 12.1 Å². The van der Waals surface area contributed by atoms with Crippen LogP contribution in [0.25, 0.3) is 0 Å². The molecule has 0 heterocycles. The van der Waals surface area contributed by atoms with Gasteiger partial charge in [0.25, 0.3) is 0 Å². The minimum absolute atomic E-state index is 0.276. The lowest BCUT2D eigenvalue weighted by Gasteiger charge is -2.22. The molecule has 1 aromatic carbocycles. The zero-order valence-corrected chi connectivity index (χ0v) is 11.5. The smallest absolute Gasteiger partial charge is 0.119 e. The third-order valence-electron chi connectivity index (χ3n) is 3.71. The fraction of sp³-hybridized carbons (Fsp3) is 0.625. The van der Waals surface area contributed by atoms with E-state index in [-0.39, 0.29) is 6.10 Å². The van der Waals surface area contributed by atoms with E-state index < -0.39 is 0 Å². The number of aliphatic hydroxyl groups excluding tert-OH is 1. The molecule has 0 radical (unpaired) electrons. The molecule has 2 unspecified atom stereocenters. The fourth-order valence-corrected chi connectivity index (χ4v) is 2.67. The molecule has 0 saturated carbocycles. The molecule has 2 nitrogen and oxygen atoms in total. The molecule has 1 aliphatic rings. The molecule has 2 heteroatoms. The van der Waals surface area contributed by atoms with Gasteiger partial charge in [0.2, 0.25) is 0 Å². The van der Waals surface area contributed by atoms with Gasteiger partial charge in [0.15, 0.2) is 0 Å². The van der Waals surface area contributed by atoms with Gasteiger partial charge in [0, 0.05) is 0 Å². The molecule has 0 saturated heterocycles. The molecule has 2 rings (SSSR count). The van der Waals surface area contributed by atoms with Gasteiger partial charge in [-0.15, -0.1) is 0 Å². The Bertz CT molecular complexity index is 387. The predicted octanol–water partition coefficient (Wildman–Crippen LogP) is 3.87. The van der Waals surface area contributed by atoms with Gasteiger partial charge in [-0.1, -0.05) is 26.3 Å². The van der Waals surface area contributed by atoms with Crippen molar-refractivity contribution in [3.8, 4) is 5.75 Å². The number of fused-ring (bicyclic) bond motifs is 1. The van der Waals surface area contributed by atoms with Gasteiger partial charge >= 0.3 is 0 Å². The maximum atomic E-state index is 9.90. The Morgan fingerprint density at radius 2 is 2.28 bits per heavy atom. The van der Waals surface area contributed by atoms with E-state index in [2.05, 4.69) is 19.9 Å². The Morgan fingerprint density at radius 3 is 3.06 bits per heavy atom. The van der Waals surface area contributed by atoms with Crippen LogP contribution in [0, 0.1) is 5.92 Å². The summed E-state index contributed by atoms with van der Waals surface area (Å²) in [7, 11) is 0. The molecule has 0 bridgehead atoms. The van der Waals surface area contributed by atoms with Crippen LogP contribution in [0.5, 0.6) is 5.75 Å². The van der Waals surface area contributed by atoms with Crippen molar-refractivity contribution < 1.29 is 9.84 Å². The molecular formula is C16H24O2. The minimum atomic E-state index is -0.276. The van der Waals surface area contributed by atoms with Crippen LogP contribution >= 0.6 is 0 Å². The summed E-state index contributed by atoms with van der Waals surface area (Å²) in [4.78, 5) is 0. The number of rotatable bonds is 5. The SMILES string of the molecule is CCCC(C)COc1ccc2c(c1)CCCC2O. The summed E-state index contributed by atoms with van der Waals surface area (Å²) in [5.74, 6) is 1.56. The lowest BCUT2D eigenvalue weighted by atomic mass is 9.89. The molecule has 18 heavy (non-hydrogen) atoms. The third-order valence-corrected chi connectivity index (χ3v) is 3.71. The Kier molecular flexibility index (Phi) is 4.65. The van der Waals surface area contributed by atoms with Gasteiger partial charge in [-0.3, -0.25) is 0 Å². The van der Waals surface area contributed by atoms with E-state index in [9.17, 15) is 5.11 Å². The second-order valence-electron chi connectivity index (χ2n) is 5.47. The first-order valence-electron chi connectivity index (χ1n) is 7.14. The molecular weight excluding hydrogens is 224 g/mol. The lowest BCUT2D eigenvalue weighted by Crippen LogP contribution is -2.11. The quantitative estimate of drug-likeness (QED) is 0.857. The molecule has 1 N–H and O–H groups in total. The summed E-state index contributed by atoms with van der Waals surface area (Å²) in [6, 6.07) is 6.13. The number of aryl methyl sites for hydroxylation is 1. The Morgan fingerprint density at radius 1 is 1.44 bits per heavy atom. The highest BCUT2D eigenvalue weighted by molar-refractivity contribution is 5.38. The van der Waals surface area contributed by atoms with Crippen molar-refractivity contribution in [3.63, 3.8) is 0 Å². The Balaban J connectivity index is 1.98. The van der Waals surface area contributed by atoms with Gasteiger partial charge in [-0.25, -0.2) is 0 Å². The number of aliphatic hydroxyl groups is 1. The predicted molar refractivity (Wildman–Crippen MR) is 73.9 cm³/mol. The van der Waals surface area contributed by atoms with Crippen LogP contribution in [0.1, 0.15) is 56.8 Å². The van der Waals surface area contributed by atoms with Gasteiger partial charge in [-0.2, -0.15) is 0 Å². The lowest BCUT2D eigenvalue weighted by molar-refractivity contribution is 0.156. The van der Waals surface area contributed by atoms with Crippen LogP contribution in [0.3, 0.4) is 0 Å². The van der Waals surface area contributed by atoms with Crippen molar-refractivity contribution in [2.75, 3.05) is 6.61 Å². The fourth-order valence-electron chi connectivity index (χ4n) is 2.67. The zero-order chi connectivity index (χ0) is 13.0. The molecule has 0 amide bonds. The van der Waals surface area contributed by atoms with Crippen molar-refractivity contribution >= 4 is 0 Å². The van der Waals surface area contributed by atoms with Gasteiger partial charge < -0.3 is 9.84 Å². The van der Waals surface area contributed by atoms with Crippen molar-refractivity contribution in [2.45, 2.75) is 52.1 Å². The first-order chi connectivity index (χ1) is 8.70. The topological polar surface area (TPSA) is 29.5 Å². The maximum absolute atomic E-state index is 9.90. The average Bonchev–Trinajstić information content (AvgIpc) is 2.37. The highest BCUT2D eigenvalue weighted by atomic mass is 16.5. The second kappa shape index (κ2) is 6.24. The average molecular weight is 248 g/mol. The first-order valence-corrected chi connectivity index (χ1v) is 7.14. The monoisotopic (exact) mass is 248 g/mol. The standard InChI is InChI=1S/C16H24O2/c1-3-5-12(2)11-18-14-8-9-15-13(10-14)6-4-7-16(15)17/h8-10,12,16-17H,3-7,11H2,1-2H3. The minimum Gasteiger partial charge on any atom is -0.493 e. The largest absolute Gasteiger partial charge is 0.493 e. The molecule has 1 aromatic rings. The van der Waals surface area contributed by atoms with Gasteiger partial charge in [0.05, 0.1) is 12.7 Å². The summed E-state index contributed by atoms with van der Waals surface area (Å²) in [5, 5.41) is 9.90. The summed E-state index contributed by atoms with van der Waals surface area (Å²) >= 11 is 0. The van der Waals surface area contributed by atoms with Crippen molar-refractivity contribution in [1.29, 1.82) is 0 Å². The van der Waals surface area contributed by atoms with E-state index in [0.29, 0.717) is 5.92 Å². The summed E-state index contributed by atoms with van der Waals surface area (Å²) in [5.41, 5.74) is 2.35. The summed E-state index contributed by atoms with van der Waals surface area (Å²) < 4.78 is 5.84. The molecule has 1 aliphatic carbocycles. The summed E-state index contributed by atoms with van der Waals surface area (Å²) in [6.45, 7) is 5.22. The number of hydrogen-bond donors (Lipinski definition) is 1. The summed E-state index contributed by atoms with van der Waals surface area (Å²) in [6.07, 6.45) is 5.17. The number of hydrogen-bond acceptors (Lipinski definition) is 2. The van der Waals surface area contributed by atoms with Crippen LogP contribution in [-0.4, -0.2) is 11.7 Å². The van der Waals surface area contributed by atoms with E-state index in [4.69, 9.17) is 4.74 Å². The maximum Gasteiger partial charge on any atom is 0.119 e. The van der Waals surface area contributed by atoms with Crippen molar-refractivity contribution in [3.05, 3.63) is 29.3 Å². The molecule has 0 aromatic heterocycles. The zero-order valence-electron chi connectivity index (χ0n) is 11.5. The molecule has 0 aliphatic heterocycles. The molecule has 0 spiro atoms. The number of benzene rings is 1. The second-order valence-corrected chi connectivity index (χ2v) is 5.47. The Hall–Kier alpha value is -1.02. The van der Waals surface area contributed by atoms with Crippen LogP contribution in [0.2, 0.25) is 0 Å². The highest BCUT2D eigenvalue weighted by Gasteiger charge is 2.18. The van der Waals surface area contributed by atoms with E-state index in [1.165, 1.54) is 18.4 Å². The van der Waals surface area contributed by atoms with Crippen molar-refractivity contribution in [2.24, 2.45) is 5.92 Å². The van der Waals surface area contributed by atoms with E-state index in [1.54, 1.807) is 0 Å². The Labute approximate surface area is 110 Å². The third kappa shape index (κ3) is 3.26. The van der Waals surface area contributed by atoms with E-state index >= 15 is 0 Å². The van der Waals surface area contributed by atoms with Crippen LogP contribution in [0.4, 0.5) is 0 Å². The van der Waals surface area contributed by atoms with Crippen molar-refractivity contribution in [1.82, 2.24) is 0 Å². The van der Waals surface area contributed by atoms with Gasteiger partial charge in [0.1, 0.15) is 5.75 Å². The molecule has 0 fully saturated rings. The molecule has 100 valence electrons. The number of ether oxygens (including phenoxy) is 1. The van der Waals surface area contributed by atoms with Gasteiger partial charge in [-0.05, 0) is 54.9 Å². The van der Waals surface area contributed by atoms with Crippen LogP contribution in [-0.2, 0) is 6.42 Å². The highest BCUT2D eigenvalue weighted by Crippen LogP contribution is 2.32. The van der Waals surface area contributed by atoms with Crippen LogP contribution in [0.15, 0.2) is 18.2 Å². The normalized spacial score (nSPS) is 20.3.